The summed E-state index contributed by atoms with van der Waals surface area (Å²) in [5.41, 5.74) is 0. The molecule has 1 rings (SSSR count). The van der Waals surface area contributed by atoms with Crippen molar-refractivity contribution in [2.45, 2.75) is 25.3 Å². The van der Waals surface area contributed by atoms with Crippen LogP contribution in [-0.4, -0.2) is 61.4 Å². The van der Waals surface area contributed by atoms with Gasteiger partial charge >= 0.3 is 0 Å². The van der Waals surface area contributed by atoms with Crippen molar-refractivity contribution in [2.24, 2.45) is 0 Å². The summed E-state index contributed by atoms with van der Waals surface area (Å²) in [6.07, 6.45) is 11.1. The molecule has 0 aromatic heterocycles. The quantitative estimate of drug-likeness (QED) is 0.578. The van der Waals surface area contributed by atoms with Gasteiger partial charge in [-0.1, -0.05) is 12.0 Å². The molecule has 0 aromatic rings. The van der Waals surface area contributed by atoms with E-state index in [0.717, 1.165) is 19.3 Å². The standard InChI is InChI=1S/C15H23N3O2/c1-4-11-17(2)12-7-9-14(19)18(3)13-8-5-6-10-16-15(13)20/h1,7,9,13H,5-6,8,10-12H2,2-3H3,(H,16,20)/b9-7+. The molecular weight excluding hydrogens is 254 g/mol. The molecule has 0 radical (unpaired) electrons. The molecule has 1 heterocycles. The molecule has 0 aromatic carbocycles. The molecule has 1 saturated heterocycles. The number of amides is 2. The maximum atomic E-state index is 12.0. The number of rotatable bonds is 5. The van der Waals surface area contributed by atoms with E-state index in [2.05, 4.69) is 11.2 Å². The zero-order chi connectivity index (χ0) is 15.0. The molecule has 1 aliphatic rings. The smallest absolute Gasteiger partial charge is 0.246 e. The lowest BCUT2D eigenvalue weighted by Crippen LogP contribution is -2.46. The molecule has 5 heteroatoms. The largest absolute Gasteiger partial charge is 0.354 e. The van der Waals surface area contributed by atoms with Crippen molar-refractivity contribution >= 4 is 11.8 Å². The fourth-order valence-corrected chi connectivity index (χ4v) is 2.12. The lowest BCUT2D eigenvalue weighted by molar-refractivity contribution is -0.135. The second-order valence-corrected chi connectivity index (χ2v) is 5.05. The highest BCUT2D eigenvalue weighted by molar-refractivity contribution is 5.92. The molecule has 2 amide bonds. The molecular formula is C15H23N3O2. The average Bonchev–Trinajstić information content (AvgIpc) is 2.62. The van der Waals surface area contributed by atoms with Crippen molar-refractivity contribution in [1.82, 2.24) is 15.1 Å². The van der Waals surface area contributed by atoms with E-state index < -0.39 is 0 Å². The number of carbonyl (C=O) groups excluding carboxylic acids is 2. The van der Waals surface area contributed by atoms with Gasteiger partial charge in [-0.05, 0) is 26.3 Å². The van der Waals surface area contributed by atoms with Crippen LogP contribution in [0.5, 0.6) is 0 Å². The fraction of sp³-hybridized carbons (Fsp3) is 0.600. The van der Waals surface area contributed by atoms with Crippen molar-refractivity contribution < 1.29 is 9.59 Å². The number of terminal acetylenes is 1. The highest BCUT2D eigenvalue weighted by atomic mass is 16.2. The molecule has 110 valence electrons. The number of likely N-dealkylation sites (N-methyl/N-ethyl adjacent to an activating group) is 2. The van der Waals surface area contributed by atoms with E-state index in [0.29, 0.717) is 19.6 Å². The molecule has 1 atom stereocenters. The number of hydrogen-bond acceptors (Lipinski definition) is 3. The second kappa shape index (κ2) is 8.39. The predicted octanol–water partition coefficient (Wildman–Crippen LogP) is 0.235. The van der Waals surface area contributed by atoms with Gasteiger partial charge < -0.3 is 10.2 Å². The molecule has 20 heavy (non-hydrogen) atoms. The predicted molar refractivity (Wildman–Crippen MR) is 78.9 cm³/mol. The lowest BCUT2D eigenvalue weighted by Gasteiger charge is -2.24. The molecule has 5 nitrogen and oxygen atoms in total. The number of carbonyl (C=O) groups is 2. The Hall–Kier alpha value is -1.80. The third-order valence-electron chi connectivity index (χ3n) is 3.36. The maximum absolute atomic E-state index is 12.0. The molecule has 0 saturated carbocycles. The Balaban J connectivity index is 2.51. The Labute approximate surface area is 121 Å². The monoisotopic (exact) mass is 277 g/mol. The molecule has 0 bridgehead atoms. The summed E-state index contributed by atoms with van der Waals surface area (Å²) in [7, 11) is 3.56. The number of nitrogens with one attached hydrogen (secondary N) is 1. The summed E-state index contributed by atoms with van der Waals surface area (Å²) in [4.78, 5) is 27.3. The van der Waals surface area contributed by atoms with Crippen LogP contribution in [0.25, 0.3) is 0 Å². The molecule has 1 aliphatic heterocycles. The lowest BCUT2D eigenvalue weighted by atomic mass is 10.1. The Morgan fingerprint density at radius 1 is 1.50 bits per heavy atom. The zero-order valence-electron chi connectivity index (χ0n) is 12.3. The van der Waals surface area contributed by atoms with Crippen LogP contribution in [0, 0.1) is 12.3 Å². The minimum absolute atomic E-state index is 0.0591. The van der Waals surface area contributed by atoms with E-state index in [1.165, 1.54) is 11.0 Å². The maximum Gasteiger partial charge on any atom is 0.246 e. The Morgan fingerprint density at radius 3 is 2.95 bits per heavy atom. The van der Waals surface area contributed by atoms with E-state index in [1.807, 2.05) is 11.9 Å². The first-order valence-corrected chi connectivity index (χ1v) is 6.89. The van der Waals surface area contributed by atoms with Gasteiger partial charge in [0.15, 0.2) is 0 Å². The normalized spacial score (nSPS) is 19.5. The van der Waals surface area contributed by atoms with Crippen molar-refractivity contribution in [3.63, 3.8) is 0 Å². The van der Waals surface area contributed by atoms with Gasteiger partial charge in [0.25, 0.3) is 0 Å². The van der Waals surface area contributed by atoms with E-state index in [1.54, 1.807) is 13.1 Å². The van der Waals surface area contributed by atoms with E-state index in [4.69, 9.17) is 6.42 Å². The first-order chi connectivity index (χ1) is 9.56. The van der Waals surface area contributed by atoms with Crippen LogP contribution < -0.4 is 5.32 Å². The minimum Gasteiger partial charge on any atom is -0.354 e. The molecule has 1 N–H and O–H groups in total. The Morgan fingerprint density at radius 2 is 2.25 bits per heavy atom. The number of hydrogen-bond donors (Lipinski definition) is 1. The van der Waals surface area contributed by atoms with Crippen LogP contribution in [-0.2, 0) is 9.59 Å². The van der Waals surface area contributed by atoms with Gasteiger partial charge in [-0.3, -0.25) is 14.5 Å². The van der Waals surface area contributed by atoms with Crippen molar-refractivity contribution in [3.8, 4) is 12.3 Å². The summed E-state index contributed by atoms with van der Waals surface area (Å²) >= 11 is 0. The first-order valence-electron chi connectivity index (χ1n) is 6.89. The van der Waals surface area contributed by atoms with Crippen molar-refractivity contribution in [3.05, 3.63) is 12.2 Å². The van der Waals surface area contributed by atoms with Gasteiger partial charge in [0.2, 0.25) is 11.8 Å². The summed E-state index contributed by atoms with van der Waals surface area (Å²) in [5.74, 6) is 2.33. The topological polar surface area (TPSA) is 52.7 Å². The van der Waals surface area contributed by atoms with Crippen LogP contribution >= 0.6 is 0 Å². The molecule has 0 aliphatic carbocycles. The molecule has 0 spiro atoms. The molecule has 1 fully saturated rings. The first kappa shape index (κ1) is 16.3. The SMILES string of the molecule is C#CCN(C)C/C=C/C(=O)N(C)C1CCCCNC1=O. The van der Waals surface area contributed by atoms with Crippen LogP contribution in [0.4, 0.5) is 0 Å². The third-order valence-corrected chi connectivity index (χ3v) is 3.36. The van der Waals surface area contributed by atoms with E-state index in [9.17, 15) is 9.59 Å². The third kappa shape index (κ3) is 5.06. The molecule has 1 unspecified atom stereocenters. The van der Waals surface area contributed by atoms with Crippen LogP contribution in [0.3, 0.4) is 0 Å². The van der Waals surface area contributed by atoms with E-state index in [-0.39, 0.29) is 17.9 Å². The van der Waals surface area contributed by atoms with Gasteiger partial charge in [-0.15, -0.1) is 6.42 Å². The second-order valence-electron chi connectivity index (χ2n) is 5.05. The van der Waals surface area contributed by atoms with Gasteiger partial charge in [0.1, 0.15) is 6.04 Å². The summed E-state index contributed by atoms with van der Waals surface area (Å²) in [6, 6.07) is -0.363. The highest BCUT2D eigenvalue weighted by Crippen LogP contribution is 2.11. The van der Waals surface area contributed by atoms with Gasteiger partial charge in [0.05, 0.1) is 6.54 Å². The van der Waals surface area contributed by atoms with Gasteiger partial charge in [0, 0.05) is 26.2 Å². The fourth-order valence-electron chi connectivity index (χ4n) is 2.12. The minimum atomic E-state index is -0.363. The Kier molecular flexibility index (Phi) is 6.82. The van der Waals surface area contributed by atoms with Crippen molar-refractivity contribution in [2.75, 3.05) is 33.7 Å². The van der Waals surface area contributed by atoms with Gasteiger partial charge in [-0.25, -0.2) is 0 Å². The van der Waals surface area contributed by atoms with Crippen LogP contribution in [0.1, 0.15) is 19.3 Å². The van der Waals surface area contributed by atoms with Crippen LogP contribution in [0.2, 0.25) is 0 Å². The highest BCUT2D eigenvalue weighted by Gasteiger charge is 2.26. The number of nitrogens with zero attached hydrogens (tertiary/aromatic N) is 2. The zero-order valence-corrected chi connectivity index (χ0v) is 12.3. The van der Waals surface area contributed by atoms with Crippen molar-refractivity contribution in [1.29, 1.82) is 0 Å². The summed E-state index contributed by atoms with van der Waals surface area (Å²) in [5, 5.41) is 2.83. The van der Waals surface area contributed by atoms with Crippen LogP contribution in [0.15, 0.2) is 12.2 Å². The Bertz CT molecular complexity index is 412. The van der Waals surface area contributed by atoms with Gasteiger partial charge in [-0.2, -0.15) is 0 Å². The van der Waals surface area contributed by atoms with E-state index >= 15 is 0 Å². The summed E-state index contributed by atoms with van der Waals surface area (Å²) in [6.45, 7) is 1.85. The average molecular weight is 277 g/mol. The summed E-state index contributed by atoms with van der Waals surface area (Å²) < 4.78 is 0.